The average Bonchev–Trinajstić information content (AvgIpc) is 3.38. The first kappa shape index (κ1) is 15.1. The van der Waals surface area contributed by atoms with Gasteiger partial charge >= 0.3 is 0 Å². The van der Waals surface area contributed by atoms with Crippen LogP contribution in [0.4, 0.5) is 0 Å². The molecule has 1 saturated carbocycles. The molecule has 0 spiro atoms. The van der Waals surface area contributed by atoms with Crippen LogP contribution < -0.4 is 4.72 Å². The lowest BCUT2D eigenvalue weighted by Crippen LogP contribution is -2.23. The maximum Gasteiger partial charge on any atom is 0.240 e. The zero-order valence-corrected chi connectivity index (χ0v) is 13.3. The van der Waals surface area contributed by atoms with E-state index in [2.05, 4.69) is 14.7 Å². The second kappa shape index (κ2) is 6.14. The van der Waals surface area contributed by atoms with E-state index in [1.165, 1.54) is 6.33 Å². The second-order valence-corrected chi connectivity index (χ2v) is 7.30. The molecule has 0 aliphatic heterocycles. The molecule has 1 aromatic heterocycles. The van der Waals surface area contributed by atoms with E-state index in [9.17, 15) is 8.42 Å². The average molecular weight is 317 g/mol. The molecule has 6 heteroatoms. The summed E-state index contributed by atoms with van der Waals surface area (Å²) in [6.45, 7) is 2.22. The van der Waals surface area contributed by atoms with Gasteiger partial charge in [-0.1, -0.05) is 19.1 Å². The number of hydrogen-bond donors (Lipinski definition) is 1. The number of hydrogen-bond acceptors (Lipinski definition) is 4. The van der Waals surface area contributed by atoms with Gasteiger partial charge in [0, 0.05) is 11.6 Å². The molecule has 0 radical (unpaired) electrons. The molecule has 22 heavy (non-hydrogen) atoms. The Morgan fingerprint density at radius 3 is 2.55 bits per heavy atom. The highest BCUT2D eigenvalue weighted by molar-refractivity contribution is 7.89. The van der Waals surface area contributed by atoms with Crippen LogP contribution in [-0.4, -0.2) is 18.4 Å². The van der Waals surface area contributed by atoms with Gasteiger partial charge in [0.2, 0.25) is 10.0 Å². The Bertz CT molecular complexity index is 753. The number of rotatable bonds is 6. The minimum atomic E-state index is -3.51. The highest BCUT2D eigenvalue weighted by Crippen LogP contribution is 2.38. The maximum absolute atomic E-state index is 12.3. The van der Waals surface area contributed by atoms with Crippen LogP contribution in [0.2, 0.25) is 0 Å². The molecule has 0 amide bonds. The molecular weight excluding hydrogens is 298 g/mol. The SMILES string of the molecule is CCc1ccc(S(=O)(=O)NCc2cc(C3CC3)ncn2)cc1. The molecule has 1 N–H and O–H groups in total. The molecule has 1 heterocycles. The third-order valence-electron chi connectivity index (χ3n) is 3.83. The number of aromatic nitrogens is 2. The Balaban J connectivity index is 1.69. The Morgan fingerprint density at radius 2 is 1.91 bits per heavy atom. The van der Waals surface area contributed by atoms with Crippen LogP contribution in [-0.2, 0) is 23.0 Å². The van der Waals surface area contributed by atoms with Crippen LogP contribution >= 0.6 is 0 Å². The van der Waals surface area contributed by atoms with Crippen molar-refractivity contribution in [3.63, 3.8) is 0 Å². The molecule has 2 aromatic rings. The third-order valence-corrected chi connectivity index (χ3v) is 5.24. The van der Waals surface area contributed by atoms with Crippen molar-refractivity contribution < 1.29 is 8.42 Å². The van der Waals surface area contributed by atoms with E-state index in [1.54, 1.807) is 12.1 Å². The van der Waals surface area contributed by atoms with E-state index in [1.807, 2.05) is 25.1 Å². The first-order valence-corrected chi connectivity index (χ1v) is 8.96. The third kappa shape index (κ3) is 3.51. The molecule has 3 rings (SSSR count). The summed E-state index contributed by atoms with van der Waals surface area (Å²) in [5.41, 5.74) is 2.82. The smallest absolute Gasteiger partial charge is 0.240 e. The Morgan fingerprint density at radius 1 is 1.18 bits per heavy atom. The van der Waals surface area contributed by atoms with Crippen LogP contribution in [0.15, 0.2) is 41.6 Å². The fraction of sp³-hybridized carbons (Fsp3) is 0.375. The van der Waals surface area contributed by atoms with Gasteiger partial charge in [-0.25, -0.2) is 23.1 Å². The summed E-state index contributed by atoms with van der Waals surface area (Å²) >= 11 is 0. The molecule has 1 fully saturated rings. The summed E-state index contributed by atoms with van der Waals surface area (Å²) in [6.07, 6.45) is 4.71. The normalized spacial score (nSPS) is 15.0. The topological polar surface area (TPSA) is 72.0 Å². The van der Waals surface area contributed by atoms with Crippen LogP contribution in [0.3, 0.4) is 0 Å². The summed E-state index contributed by atoms with van der Waals surface area (Å²) in [4.78, 5) is 8.65. The van der Waals surface area contributed by atoms with E-state index in [0.717, 1.165) is 30.5 Å². The van der Waals surface area contributed by atoms with E-state index in [0.29, 0.717) is 11.6 Å². The maximum atomic E-state index is 12.3. The summed E-state index contributed by atoms with van der Waals surface area (Å²) in [6, 6.07) is 8.84. The number of benzene rings is 1. The minimum Gasteiger partial charge on any atom is -0.241 e. The van der Waals surface area contributed by atoms with Gasteiger partial charge in [-0.15, -0.1) is 0 Å². The van der Waals surface area contributed by atoms with Crippen molar-refractivity contribution >= 4 is 10.0 Å². The van der Waals surface area contributed by atoms with Crippen molar-refractivity contribution in [2.75, 3.05) is 0 Å². The molecule has 116 valence electrons. The number of nitrogens with zero attached hydrogens (tertiary/aromatic N) is 2. The van der Waals surface area contributed by atoms with Crippen molar-refractivity contribution in [2.24, 2.45) is 0 Å². The van der Waals surface area contributed by atoms with E-state index < -0.39 is 10.0 Å². The summed E-state index contributed by atoms with van der Waals surface area (Å²) in [5.74, 6) is 0.528. The van der Waals surface area contributed by atoms with Gasteiger partial charge in [-0.3, -0.25) is 0 Å². The molecule has 1 aliphatic rings. The number of nitrogens with one attached hydrogen (secondary N) is 1. The van der Waals surface area contributed by atoms with Crippen LogP contribution in [0.1, 0.15) is 42.6 Å². The van der Waals surface area contributed by atoms with Gasteiger partial charge in [0.15, 0.2) is 0 Å². The van der Waals surface area contributed by atoms with Crippen molar-refractivity contribution in [2.45, 2.75) is 43.5 Å². The zero-order valence-electron chi connectivity index (χ0n) is 12.5. The molecule has 0 atom stereocenters. The van der Waals surface area contributed by atoms with E-state index in [4.69, 9.17) is 0 Å². The standard InChI is InChI=1S/C16H19N3O2S/c1-2-12-3-7-15(8-4-12)22(20,21)19-10-14-9-16(13-5-6-13)18-11-17-14/h3-4,7-9,11,13,19H,2,5-6,10H2,1H3. The molecular formula is C16H19N3O2S. The van der Waals surface area contributed by atoms with Gasteiger partial charge in [-0.05, 0) is 43.0 Å². The second-order valence-electron chi connectivity index (χ2n) is 5.53. The van der Waals surface area contributed by atoms with Crippen molar-refractivity contribution in [1.29, 1.82) is 0 Å². The largest absolute Gasteiger partial charge is 0.241 e. The van der Waals surface area contributed by atoms with Crippen LogP contribution in [0.25, 0.3) is 0 Å². The highest BCUT2D eigenvalue weighted by Gasteiger charge is 2.25. The fourth-order valence-corrected chi connectivity index (χ4v) is 3.27. The van der Waals surface area contributed by atoms with Crippen LogP contribution in [0, 0.1) is 0 Å². The Labute approximate surface area is 130 Å². The minimum absolute atomic E-state index is 0.181. The molecule has 1 aliphatic carbocycles. The van der Waals surface area contributed by atoms with Gasteiger partial charge in [0.25, 0.3) is 0 Å². The highest BCUT2D eigenvalue weighted by atomic mass is 32.2. The lowest BCUT2D eigenvalue weighted by Gasteiger charge is -2.08. The zero-order chi connectivity index (χ0) is 15.6. The Kier molecular flexibility index (Phi) is 4.22. The predicted molar refractivity (Wildman–Crippen MR) is 83.9 cm³/mol. The van der Waals surface area contributed by atoms with E-state index in [-0.39, 0.29) is 11.4 Å². The van der Waals surface area contributed by atoms with Crippen molar-refractivity contribution in [1.82, 2.24) is 14.7 Å². The number of aryl methyl sites for hydroxylation is 1. The van der Waals surface area contributed by atoms with Gasteiger partial charge < -0.3 is 0 Å². The Hall–Kier alpha value is -1.79. The monoisotopic (exact) mass is 317 g/mol. The molecule has 0 bridgehead atoms. The van der Waals surface area contributed by atoms with Gasteiger partial charge in [-0.2, -0.15) is 0 Å². The lowest BCUT2D eigenvalue weighted by atomic mass is 10.2. The van der Waals surface area contributed by atoms with Crippen LogP contribution in [0.5, 0.6) is 0 Å². The fourth-order valence-electron chi connectivity index (χ4n) is 2.27. The van der Waals surface area contributed by atoms with Crippen molar-refractivity contribution in [3.05, 3.63) is 53.6 Å². The molecule has 5 nitrogen and oxygen atoms in total. The molecule has 1 aromatic carbocycles. The summed E-state index contributed by atoms with van der Waals surface area (Å²) in [5, 5.41) is 0. The lowest BCUT2D eigenvalue weighted by molar-refractivity contribution is 0.580. The quantitative estimate of drug-likeness (QED) is 0.888. The first-order valence-electron chi connectivity index (χ1n) is 7.48. The molecule has 0 saturated heterocycles. The summed E-state index contributed by atoms with van der Waals surface area (Å²) < 4.78 is 27.2. The van der Waals surface area contributed by atoms with Crippen molar-refractivity contribution in [3.8, 4) is 0 Å². The van der Waals surface area contributed by atoms with E-state index >= 15 is 0 Å². The summed E-state index contributed by atoms with van der Waals surface area (Å²) in [7, 11) is -3.51. The van der Waals surface area contributed by atoms with Gasteiger partial charge in [0.05, 0.1) is 17.1 Å². The molecule has 0 unspecified atom stereocenters. The number of sulfonamides is 1. The predicted octanol–water partition coefficient (Wildman–Crippen LogP) is 2.39. The first-order chi connectivity index (χ1) is 10.6. The van der Waals surface area contributed by atoms with Gasteiger partial charge in [0.1, 0.15) is 6.33 Å².